The summed E-state index contributed by atoms with van der Waals surface area (Å²) in [6.07, 6.45) is 3.87. The van der Waals surface area contributed by atoms with Crippen molar-refractivity contribution in [3.63, 3.8) is 0 Å². The van der Waals surface area contributed by atoms with Crippen molar-refractivity contribution < 1.29 is 0 Å². The van der Waals surface area contributed by atoms with Gasteiger partial charge in [0.15, 0.2) is 11.8 Å². The van der Waals surface area contributed by atoms with Crippen LogP contribution >= 0.6 is 0 Å². The fourth-order valence-corrected chi connectivity index (χ4v) is 3.94. The Bertz CT molecular complexity index is 809. The number of guanidine groups is 1. The molecule has 28 heavy (non-hydrogen) atoms. The Hall–Kier alpha value is -2.41. The molecule has 2 heterocycles. The van der Waals surface area contributed by atoms with Gasteiger partial charge in [-0.15, -0.1) is 10.2 Å². The summed E-state index contributed by atoms with van der Waals surface area (Å²) in [5, 5.41) is 15.5. The summed E-state index contributed by atoms with van der Waals surface area (Å²) in [4.78, 5) is 7.49. The van der Waals surface area contributed by atoms with E-state index in [0.717, 1.165) is 36.6 Å². The minimum absolute atomic E-state index is 0.429. The van der Waals surface area contributed by atoms with Crippen molar-refractivity contribution in [2.75, 3.05) is 6.54 Å². The molecule has 1 aliphatic heterocycles. The zero-order valence-corrected chi connectivity index (χ0v) is 17.1. The number of aryl methyl sites for hydroxylation is 1. The van der Waals surface area contributed by atoms with Gasteiger partial charge in [0.2, 0.25) is 0 Å². The molecule has 1 saturated carbocycles. The molecular formula is C21H31N7. The minimum Gasteiger partial charge on any atom is -0.352 e. The summed E-state index contributed by atoms with van der Waals surface area (Å²) in [7, 11) is 1.99. The standard InChI is InChI=1S/C21H31N7/c1-15-11-18(14-28(15)19-9-10-19)24-21(22-12-17-7-5-4-6-8-17)23-13-20-26-25-16(2)27(20)3/h4-8,15,18-19H,9-14H2,1-3H3,(H2,22,23,24). The van der Waals surface area contributed by atoms with Gasteiger partial charge in [-0.3, -0.25) is 4.90 Å². The van der Waals surface area contributed by atoms with E-state index in [1.807, 2.05) is 24.6 Å². The molecule has 0 radical (unpaired) electrons. The topological polar surface area (TPSA) is 70.4 Å². The van der Waals surface area contributed by atoms with Gasteiger partial charge < -0.3 is 15.2 Å². The normalized spacial score (nSPS) is 23.2. The quantitative estimate of drug-likeness (QED) is 0.591. The van der Waals surface area contributed by atoms with E-state index in [2.05, 4.69) is 56.9 Å². The Morgan fingerprint density at radius 2 is 2.00 bits per heavy atom. The smallest absolute Gasteiger partial charge is 0.192 e. The highest BCUT2D eigenvalue weighted by Gasteiger charge is 2.38. The number of aliphatic imine (C=N–C) groups is 1. The third kappa shape index (κ3) is 4.52. The summed E-state index contributed by atoms with van der Waals surface area (Å²) in [5.41, 5.74) is 1.21. The van der Waals surface area contributed by atoms with E-state index in [9.17, 15) is 0 Å². The van der Waals surface area contributed by atoms with E-state index in [-0.39, 0.29) is 0 Å². The van der Waals surface area contributed by atoms with Crippen LogP contribution in [0.2, 0.25) is 0 Å². The molecule has 7 nitrogen and oxygen atoms in total. The van der Waals surface area contributed by atoms with Crippen molar-refractivity contribution in [2.45, 2.75) is 64.3 Å². The first kappa shape index (κ1) is 18.9. The van der Waals surface area contributed by atoms with Crippen molar-refractivity contribution in [3.8, 4) is 0 Å². The lowest BCUT2D eigenvalue weighted by atomic mass is 10.2. The maximum absolute atomic E-state index is 4.84. The fourth-order valence-electron chi connectivity index (χ4n) is 3.94. The third-order valence-electron chi connectivity index (χ3n) is 5.84. The average molecular weight is 382 g/mol. The molecule has 0 amide bonds. The van der Waals surface area contributed by atoms with Gasteiger partial charge in [-0.1, -0.05) is 30.3 Å². The lowest BCUT2D eigenvalue weighted by Crippen LogP contribution is -2.44. The predicted molar refractivity (Wildman–Crippen MR) is 111 cm³/mol. The van der Waals surface area contributed by atoms with Gasteiger partial charge in [-0.25, -0.2) is 4.99 Å². The van der Waals surface area contributed by atoms with Crippen LogP contribution in [0, 0.1) is 6.92 Å². The monoisotopic (exact) mass is 381 g/mol. The SMILES string of the molecule is Cc1nnc(CNC(=NCc2ccccc2)NC2CC(C)N(C3CC3)C2)n1C. The van der Waals surface area contributed by atoms with Crippen LogP contribution < -0.4 is 10.6 Å². The number of aromatic nitrogens is 3. The second-order valence-electron chi connectivity index (χ2n) is 8.08. The Morgan fingerprint density at radius 1 is 1.21 bits per heavy atom. The third-order valence-corrected chi connectivity index (χ3v) is 5.84. The van der Waals surface area contributed by atoms with E-state index in [1.54, 1.807) is 0 Å². The summed E-state index contributed by atoms with van der Waals surface area (Å²) in [6.45, 7) is 6.66. The van der Waals surface area contributed by atoms with Gasteiger partial charge in [0.25, 0.3) is 0 Å². The number of likely N-dealkylation sites (tertiary alicyclic amines) is 1. The van der Waals surface area contributed by atoms with Crippen LogP contribution in [0.5, 0.6) is 0 Å². The van der Waals surface area contributed by atoms with E-state index in [0.29, 0.717) is 25.2 Å². The van der Waals surface area contributed by atoms with Crippen LogP contribution in [-0.4, -0.2) is 50.3 Å². The number of rotatable bonds is 6. The number of benzene rings is 1. The molecule has 4 rings (SSSR count). The van der Waals surface area contributed by atoms with Crippen molar-refractivity contribution in [2.24, 2.45) is 12.0 Å². The van der Waals surface area contributed by atoms with Crippen LogP contribution in [-0.2, 0) is 20.1 Å². The van der Waals surface area contributed by atoms with Gasteiger partial charge in [0, 0.05) is 31.7 Å². The van der Waals surface area contributed by atoms with E-state index in [4.69, 9.17) is 4.99 Å². The zero-order valence-electron chi connectivity index (χ0n) is 17.1. The first-order valence-electron chi connectivity index (χ1n) is 10.3. The van der Waals surface area contributed by atoms with Crippen molar-refractivity contribution in [3.05, 3.63) is 47.5 Å². The van der Waals surface area contributed by atoms with Gasteiger partial charge in [-0.05, 0) is 38.7 Å². The summed E-state index contributed by atoms with van der Waals surface area (Å²) >= 11 is 0. The number of nitrogens with one attached hydrogen (secondary N) is 2. The molecule has 0 spiro atoms. The first-order valence-corrected chi connectivity index (χ1v) is 10.3. The van der Waals surface area contributed by atoms with Crippen LogP contribution in [0.4, 0.5) is 0 Å². The molecule has 2 fully saturated rings. The molecule has 1 saturated heterocycles. The predicted octanol–water partition coefficient (Wildman–Crippen LogP) is 1.98. The largest absolute Gasteiger partial charge is 0.352 e. The number of hydrogen-bond acceptors (Lipinski definition) is 4. The highest BCUT2D eigenvalue weighted by Crippen LogP contribution is 2.33. The van der Waals surface area contributed by atoms with Gasteiger partial charge in [0.1, 0.15) is 5.82 Å². The lowest BCUT2D eigenvalue weighted by molar-refractivity contribution is 0.256. The molecule has 2 N–H and O–H groups in total. The maximum atomic E-state index is 4.84. The molecule has 0 bridgehead atoms. The average Bonchev–Trinajstić information content (AvgIpc) is 3.41. The summed E-state index contributed by atoms with van der Waals surface area (Å²) < 4.78 is 2.01. The molecule has 2 aliphatic rings. The fraction of sp³-hybridized carbons (Fsp3) is 0.571. The maximum Gasteiger partial charge on any atom is 0.192 e. The zero-order chi connectivity index (χ0) is 19.5. The molecule has 1 aromatic carbocycles. The molecule has 1 aliphatic carbocycles. The second kappa shape index (κ2) is 8.31. The van der Waals surface area contributed by atoms with Crippen molar-refractivity contribution in [1.29, 1.82) is 0 Å². The molecule has 2 unspecified atom stereocenters. The van der Waals surface area contributed by atoms with E-state index in [1.165, 1.54) is 18.4 Å². The summed E-state index contributed by atoms with van der Waals surface area (Å²) in [6, 6.07) is 12.2. The molecule has 7 heteroatoms. The Morgan fingerprint density at radius 3 is 2.68 bits per heavy atom. The Labute approximate surface area is 167 Å². The molecular weight excluding hydrogens is 350 g/mol. The molecule has 2 aromatic rings. The van der Waals surface area contributed by atoms with Crippen LogP contribution in [0.3, 0.4) is 0 Å². The van der Waals surface area contributed by atoms with Crippen molar-refractivity contribution in [1.82, 2.24) is 30.3 Å². The minimum atomic E-state index is 0.429. The Balaban J connectivity index is 1.42. The lowest BCUT2D eigenvalue weighted by Gasteiger charge is -2.20. The highest BCUT2D eigenvalue weighted by atomic mass is 15.3. The number of hydrogen-bond donors (Lipinski definition) is 2. The molecule has 2 atom stereocenters. The molecule has 150 valence electrons. The number of nitrogens with zero attached hydrogens (tertiary/aromatic N) is 5. The van der Waals surface area contributed by atoms with Gasteiger partial charge in [-0.2, -0.15) is 0 Å². The van der Waals surface area contributed by atoms with Gasteiger partial charge in [0.05, 0.1) is 13.1 Å². The molecule has 1 aromatic heterocycles. The van der Waals surface area contributed by atoms with E-state index < -0.39 is 0 Å². The Kier molecular flexibility index (Phi) is 5.62. The van der Waals surface area contributed by atoms with Crippen molar-refractivity contribution >= 4 is 5.96 Å². The highest BCUT2D eigenvalue weighted by molar-refractivity contribution is 5.80. The van der Waals surface area contributed by atoms with Crippen LogP contribution in [0.15, 0.2) is 35.3 Å². The second-order valence-corrected chi connectivity index (χ2v) is 8.08. The van der Waals surface area contributed by atoms with Gasteiger partial charge >= 0.3 is 0 Å². The van der Waals surface area contributed by atoms with E-state index >= 15 is 0 Å². The first-order chi connectivity index (χ1) is 13.6. The van der Waals surface area contributed by atoms with Crippen LogP contribution in [0.1, 0.15) is 43.4 Å². The van der Waals surface area contributed by atoms with Crippen LogP contribution in [0.25, 0.3) is 0 Å². The summed E-state index contributed by atoms with van der Waals surface area (Å²) in [5.74, 6) is 2.67.